The Labute approximate surface area is 104 Å². The van der Waals surface area contributed by atoms with E-state index in [0.29, 0.717) is 5.78 Å². The van der Waals surface area contributed by atoms with Gasteiger partial charge in [0.05, 0.1) is 7.11 Å². The Balaban J connectivity index is 2.47. The second-order valence-corrected chi connectivity index (χ2v) is 4.84. The van der Waals surface area contributed by atoms with Crippen molar-refractivity contribution in [3.05, 3.63) is 29.8 Å². The number of benzene rings is 1. The maximum absolute atomic E-state index is 11.7. The van der Waals surface area contributed by atoms with Crippen LogP contribution >= 0.6 is 0 Å². The fourth-order valence-electron chi connectivity index (χ4n) is 1.89. The Morgan fingerprint density at radius 3 is 2.24 bits per heavy atom. The van der Waals surface area contributed by atoms with Crippen LogP contribution in [0.5, 0.6) is 5.75 Å². The van der Waals surface area contributed by atoms with Crippen molar-refractivity contribution in [2.75, 3.05) is 7.11 Å². The Morgan fingerprint density at radius 1 is 1.18 bits per heavy atom. The zero-order valence-corrected chi connectivity index (χ0v) is 11.2. The maximum Gasteiger partial charge on any atom is 0.138 e. The third-order valence-corrected chi connectivity index (χ3v) is 3.08. The highest BCUT2D eigenvalue weighted by molar-refractivity contribution is 5.82. The van der Waals surface area contributed by atoms with Crippen LogP contribution in [0.15, 0.2) is 24.3 Å². The van der Waals surface area contributed by atoms with Crippen molar-refractivity contribution in [1.29, 1.82) is 0 Å². The van der Waals surface area contributed by atoms with Crippen LogP contribution in [0.25, 0.3) is 0 Å². The van der Waals surface area contributed by atoms with Gasteiger partial charge in [-0.15, -0.1) is 0 Å². The molecule has 0 aliphatic rings. The summed E-state index contributed by atoms with van der Waals surface area (Å²) in [6, 6.07) is 8.05. The lowest BCUT2D eigenvalue weighted by Gasteiger charge is -2.12. The van der Waals surface area contributed by atoms with Crippen LogP contribution in [0.3, 0.4) is 0 Å². The normalized spacial score (nSPS) is 12.5. The summed E-state index contributed by atoms with van der Waals surface area (Å²) in [6.07, 6.45) is 1.87. The molecule has 17 heavy (non-hydrogen) atoms. The first kappa shape index (κ1) is 13.8. The minimum atomic E-state index is 0.140. The predicted octanol–water partition coefficient (Wildman–Crippen LogP) is 3.49. The zero-order chi connectivity index (χ0) is 12.8. The van der Waals surface area contributed by atoms with Gasteiger partial charge in [-0.05, 0) is 30.5 Å². The summed E-state index contributed by atoms with van der Waals surface area (Å²) in [6.45, 7) is 5.95. The van der Waals surface area contributed by atoms with Gasteiger partial charge >= 0.3 is 0 Å². The lowest BCUT2D eigenvalue weighted by atomic mass is 9.91. The molecule has 0 aliphatic heterocycles. The molecule has 0 fully saturated rings. The molecule has 0 heterocycles. The number of ether oxygens (including phenoxy) is 1. The smallest absolute Gasteiger partial charge is 0.138 e. The van der Waals surface area contributed by atoms with E-state index >= 15 is 0 Å². The molecule has 0 N–H and O–H groups in total. The van der Waals surface area contributed by atoms with E-state index < -0.39 is 0 Å². The molecule has 1 unspecified atom stereocenters. The minimum Gasteiger partial charge on any atom is -0.497 e. The third kappa shape index (κ3) is 4.22. The molecule has 1 rings (SSSR count). The first-order valence-corrected chi connectivity index (χ1v) is 6.21. The van der Waals surface area contributed by atoms with E-state index in [9.17, 15) is 4.79 Å². The van der Waals surface area contributed by atoms with Crippen molar-refractivity contribution in [2.24, 2.45) is 11.8 Å². The number of hydrogen-bond acceptors (Lipinski definition) is 2. The van der Waals surface area contributed by atoms with Crippen molar-refractivity contribution in [3.8, 4) is 5.75 Å². The number of Topliss-reactive ketones (excluding diaryl/α,β-unsaturated/α-hetero) is 1. The molecule has 0 saturated carbocycles. The molecule has 0 aliphatic carbocycles. The highest BCUT2D eigenvalue weighted by Gasteiger charge is 2.15. The first-order chi connectivity index (χ1) is 8.04. The molecule has 1 atom stereocenters. The molecule has 0 radical (unpaired) electrons. The van der Waals surface area contributed by atoms with Gasteiger partial charge in [0.25, 0.3) is 0 Å². The molecule has 2 heteroatoms. The van der Waals surface area contributed by atoms with Gasteiger partial charge in [0, 0.05) is 11.8 Å². The first-order valence-electron chi connectivity index (χ1n) is 6.21. The molecular weight excluding hydrogens is 212 g/mol. The van der Waals surface area contributed by atoms with Gasteiger partial charge in [-0.2, -0.15) is 0 Å². The Hall–Kier alpha value is -1.31. The van der Waals surface area contributed by atoms with Crippen molar-refractivity contribution >= 4 is 5.78 Å². The number of ketones is 1. The van der Waals surface area contributed by atoms with Crippen LogP contribution in [0.4, 0.5) is 0 Å². The SMILES string of the molecule is COc1ccc(CCC(C)C(=O)C(C)C)cc1. The monoisotopic (exact) mass is 234 g/mol. The molecule has 1 aromatic carbocycles. The van der Waals surface area contributed by atoms with Gasteiger partial charge in [-0.3, -0.25) is 4.79 Å². The summed E-state index contributed by atoms with van der Waals surface area (Å²) in [5.41, 5.74) is 1.26. The number of methoxy groups -OCH3 is 1. The average Bonchev–Trinajstić information content (AvgIpc) is 2.35. The highest BCUT2D eigenvalue weighted by Crippen LogP contribution is 2.16. The molecule has 1 aromatic rings. The van der Waals surface area contributed by atoms with Gasteiger partial charge in [0.1, 0.15) is 11.5 Å². The molecule has 2 nitrogen and oxygen atoms in total. The summed E-state index contributed by atoms with van der Waals surface area (Å²) in [7, 11) is 1.67. The zero-order valence-electron chi connectivity index (χ0n) is 11.2. The lowest BCUT2D eigenvalue weighted by molar-refractivity contribution is -0.125. The van der Waals surface area contributed by atoms with Gasteiger partial charge in [-0.25, -0.2) is 0 Å². The van der Waals surface area contributed by atoms with Crippen molar-refractivity contribution < 1.29 is 9.53 Å². The topological polar surface area (TPSA) is 26.3 Å². The lowest BCUT2D eigenvalue weighted by Crippen LogP contribution is -2.17. The van der Waals surface area contributed by atoms with Gasteiger partial charge in [-0.1, -0.05) is 32.9 Å². The Morgan fingerprint density at radius 2 is 1.76 bits per heavy atom. The summed E-state index contributed by atoms with van der Waals surface area (Å²) < 4.78 is 5.11. The van der Waals surface area contributed by atoms with Crippen LogP contribution in [0, 0.1) is 11.8 Å². The van der Waals surface area contributed by atoms with Crippen LogP contribution < -0.4 is 4.74 Å². The number of hydrogen-bond donors (Lipinski definition) is 0. The number of carbonyl (C=O) groups excluding carboxylic acids is 1. The summed E-state index contributed by atoms with van der Waals surface area (Å²) in [5.74, 6) is 1.52. The summed E-state index contributed by atoms with van der Waals surface area (Å²) >= 11 is 0. The van der Waals surface area contributed by atoms with E-state index in [1.165, 1.54) is 5.56 Å². The molecule has 0 bridgehead atoms. The van der Waals surface area contributed by atoms with Crippen LogP contribution in [0.1, 0.15) is 32.8 Å². The van der Waals surface area contributed by atoms with Gasteiger partial charge in [0.2, 0.25) is 0 Å². The number of carbonyl (C=O) groups is 1. The summed E-state index contributed by atoms with van der Waals surface area (Å²) in [4.78, 5) is 11.7. The van der Waals surface area contributed by atoms with E-state index in [1.54, 1.807) is 7.11 Å². The van der Waals surface area contributed by atoms with Crippen molar-refractivity contribution in [2.45, 2.75) is 33.6 Å². The third-order valence-electron chi connectivity index (χ3n) is 3.08. The predicted molar refractivity (Wildman–Crippen MR) is 70.3 cm³/mol. The largest absolute Gasteiger partial charge is 0.497 e. The number of aryl methyl sites for hydroxylation is 1. The summed E-state index contributed by atoms with van der Waals surface area (Å²) in [5, 5.41) is 0. The standard InChI is InChI=1S/C15H22O2/c1-11(2)15(16)12(3)5-6-13-7-9-14(17-4)10-8-13/h7-12H,5-6H2,1-4H3. The molecular formula is C15H22O2. The Bertz CT molecular complexity index is 352. The van der Waals surface area contributed by atoms with E-state index in [0.717, 1.165) is 18.6 Å². The second kappa shape index (κ2) is 6.43. The fraction of sp³-hybridized carbons (Fsp3) is 0.533. The molecule has 0 saturated heterocycles. The highest BCUT2D eigenvalue weighted by atomic mass is 16.5. The average molecular weight is 234 g/mol. The van der Waals surface area contributed by atoms with Crippen LogP contribution in [0.2, 0.25) is 0 Å². The van der Waals surface area contributed by atoms with Gasteiger partial charge in [0.15, 0.2) is 0 Å². The van der Waals surface area contributed by atoms with Crippen LogP contribution in [-0.4, -0.2) is 12.9 Å². The molecule has 0 aromatic heterocycles. The fourth-order valence-corrected chi connectivity index (χ4v) is 1.89. The van der Waals surface area contributed by atoms with Gasteiger partial charge < -0.3 is 4.74 Å². The van der Waals surface area contributed by atoms with E-state index in [4.69, 9.17) is 4.74 Å². The maximum atomic E-state index is 11.7. The Kier molecular flexibility index (Phi) is 5.20. The van der Waals surface area contributed by atoms with E-state index in [-0.39, 0.29) is 11.8 Å². The second-order valence-electron chi connectivity index (χ2n) is 4.84. The molecule has 0 amide bonds. The number of rotatable bonds is 6. The minimum absolute atomic E-state index is 0.140. The van der Waals surface area contributed by atoms with E-state index in [1.807, 2.05) is 32.9 Å². The van der Waals surface area contributed by atoms with Crippen molar-refractivity contribution in [1.82, 2.24) is 0 Å². The van der Waals surface area contributed by atoms with Crippen molar-refractivity contribution in [3.63, 3.8) is 0 Å². The molecule has 0 spiro atoms. The van der Waals surface area contributed by atoms with E-state index in [2.05, 4.69) is 12.1 Å². The molecule has 94 valence electrons. The quantitative estimate of drug-likeness (QED) is 0.753. The van der Waals surface area contributed by atoms with Crippen LogP contribution in [-0.2, 0) is 11.2 Å².